The normalized spacial score (nSPS) is 19.2. The molecule has 134 valence electrons. The van der Waals surface area contributed by atoms with Crippen LogP contribution in [0.25, 0.3) is 10.9 Å². The van der Waals surface area contributed by atoms with Crippen molar-refractivity contribution in [3.05, 3.63) is 36.0 Å². The Morgan fingerprint density at radius 3 is 2.68 bits per heavy atom. The van der Waals surface area contributed by atoms with Crippen molar-refractivity contribution in [2.75, 3.05) is 31.2 Å². The van der Waals surface area contributed by atoms with E-state index in [0.29, 0.717) is 25.3 Å². The minimum Gasteiger partial charge on any atom is -0.319 e. The number of nitrogens with one attached hydrogen (secondary N) is 1. The number of carbonyl (C=O) groups excluding carboxylic acids is 1. The number of hydrogen-bond acceptors (Lipinski definition) is 4. The van der Waals surface area contributed by atoms with E-state index in [-0.39, 0.29) is 12.1 Å². The number of benzene rings is 1. The second-order valence-electron chi connectivity index (χ2n) is 6.42. The van der Waals surface area contributed by atoms with Gasteiger partial charge < -0.3 is 10.2 Å². The second kappa shape index (κ2) is 6.61. The molecule has 2 amide bonds. The van der Waals surface area contributed by atoms with Gasteiger partial charge in [-0.25, -0.2) is 13.2 Å². The van der Waals surface area contributed by atoms with E-state index in [1.807, 2.05) is 44.2 Å². The molecule has 25 heavy (non-hydrogen) atoms. The molecule has 1 aromatic heterocycles. The monoisotopic (exact) mass is 362 g/mol. The van der Waals surface area contributed by atoms with Gasteiger partial charge in [0.05, 0.1) is 17.5 Å². The maximum Gasteiger partial charge on any atom is 0.322 e. The van der Waals surface area contributed by atoms with E-state index in [1.165, 1.54) is 10.6 Å². The number of anilines is 1. The minimum absolute atomic E-state index is 0.201. The van der Waals surface area contributed by atoms with Gasteiger partial charge in [-0.2, -0.15) is 4.31 Å². The lowest BCUT2D eigenvalue weighted by molar-refractivity contribution is 0.149. The minimum atomic E-state index is -3.24. The molecule has 1 N–H and O–H groups in total. The Hall–Kier alpha value is -2.19. The SMILES string of the molecule is Cc1ccc2cccc(NC(=O)N3CCN(S(C)(=O)=O)CC3C)c2n1. The molecule has 1 fully saturated rings. The molecular weight excluding hydrogens is 340 g/mol. The number of sulfonamides is 1. The fourth-order valence-electron chi connectivity index (χ4n) is 3.06. The maximum atomic E-state index is 12.7. The third kappa shape index (κ3) is 3.74. The van der Waals surface area contributed by atoms with Crippen molar-refractivity contribution >= 4 is 32.6 Å². The van der Waals surface area contributed by atoms with Crippen LogP contribution in [0.15, 0.2) is 30.3 Å². The zero-order chi connectivity index (χ0) is 18.2. The van der Waals surface area contributed by atoms with Gasteiger partial charge in [0.25, 0.3) is 0 Å². The first-order chi connectivity index (χ1) is 11.8. The fourth-order valence-corrected chi connectivity index (χ4v) is 3.96. The van der Waals surface area contributed by atoms with Crippen LogP contribution < -0.4 is 5.32 Å². The number of fused-ring (bicyclic) bond motifs is 1. The van der Waals surface area contributed by atoms with Gasteiger partial charge in [0, 0.05) is 36.8 Å². The standard InChI is InChI=1S/C17H22N4O3S/c1-12-7-8-14-5-4-6-15(16(14)18-12)19-17(22)21-10-9-20(11-13(21)2)25(3,23)24/h4-8,13H,9-11H2,1-3H3,(H,19,22). The van der Waals surface area contributed by atoms with Crippen LogP contribution in [0.5, 0.6) is 0 Å². The molecule has 0 spiro atoms. The molecule has 1 aliphatic heterocycles. The summed E-state index contributed by atoms with van der Waals surface area (Å²) in [4.78, 5) is 18.9. The summed E-state index contributed by atoms with van der Waals surface area (Å²) < 4.78 is 24.8. The lowest BCUT2D eigenvalue weighted by atomic mass is 10.1. The molecule has 1 unspecified atom stereocenters. The number of para-hydroxylation sites is 1. The molecule has 2 aromatic rings. The van der Waals surface area contributed by atoms with E-state index in [2.05, 4.69) is 10.3 Å². The summed E-state index contributed by atoms with van der Waals surface area (Å²) in [5.41, 5.74) is 2.28. The lowest BCUT2D eigenvalue weighted by Gasteiger charge is -2.38. The van der Waals surface area contributed by atoms with Gasteiger partial charge in [0.1, 0.15) is 0 Å². The average molecular weight is 362 g/mol. The first-order valence-electron chi connectivity index (χ1n) is 8.15. The quantitative estimate of drug-likeness (QED) is 0.886. The second-order valence-corrected chi connectivity index (χ2v) is 8.41. The number of nitrogens with zero attached hydrogens (tertiary/aromatic N) is 3. The Labute approximate surface area is 147 Å². The molecule has 1 saturated heterocycles. The summed E-state index contributed by atoms with van der Waals surface area (Å²) in [7, 11) is -3.24. The molecule has 2 heterocycles. The van der Waals surface area contributed by atoms with Gasteiger partial charge in [-0.15, -0.1) is 0 Å². The van der Waals surface area contributed by atoms with Crippen LogP contribution in [0.4, 0.5) is 10.5 Å². The van der Waals surface area contributed by atoms with E-state index in [1.54, 1.807) is 4.90 Å². The number of piperazine rings is 1. The Bertz CT molecular complexity index is 913. The van der Waals surface area contributed by atoms with E-state index in [0.717, 1.165) is 16.6 Å². The Kier molecular flexibility index (Phi) is 4.66. The number of amides is 2. The van der Waals surface area contributed by atoms with Crippen molar-refractivity contribution in [1.29, 1.82) is 0 Å². The highest BCUT2D eigenvalue weighted by molar-refractivity contribution is 7.88. The maximum absolute atomic E-state index is 12.7. The Balaban J connectivity index is 1.78. The number of rotatable bonds is 2. The summed E-state index contributed by atoms with van der Waals surface area (Å²) in [5.74, 6) is 0. The van der Waals surface area contributed by atoms with Crippen molar-refractivity contribution in [1.82, 2.24) is 14.2 Å². The first-order valence-corrected chi connectivity index (χ1v) is 9.99. The Morgan fingerprint density at radius 2 is 2.00 bits per heavy atom. The van der Waals surface area contributed by atoms with Crippen LogP contribution in [0, 0.1) is 6.92 Å². The third-order valence-electron chi connectivity index (χ3n) is 4.42. The summed E-state index contributed by atoms with van der Waals surface area (Å²) in [6.45, 7) is 4.73. The predicted octanol–water partition coefficient (Wildman–Crippen LogP) is 2.04. The lowest BCUT2D eigenvalue weighted by Crippen LogP contribution is -2.56. The van der Waals surface area contributed by atoms with Crippen LogP contribution >= 0.6 is 0 Å². The van der Waals surface area contributed by atoms with Crippen LogP contribution in [0.3, 0.4) is 0 Å². The molecule has 0 radical (unpaired) electrons. The summed E-state index contributed by atoms with van der Waals surface area (Å²) >= 11 is 0. The zero-order valence-electron chi connectivity index (χ0n) is 14.6. The van der Waals surface area contributed by atoms with Crippen LogP contribution in [0.2, 0.25) is 0 Å². The molecule has 3 rings (SSSR count). The van der Waals surface area contributed by atoms with Gasteiger partial charge in [-0.1, -0.05) is 18.2 Å². The Morgan fingerprint density at radius 1 is 1.24 bits per heavy atom. The molecule has 1 atom stereocenters. The first kappa shape index (κ1) is 17.6. The van der Waals surface area contributed by atoms with Crippen molar-refractivity contribution in [2.45, 2.75) is 19.9 Å². The number of hydrogen-bond donors (Lipinski definition) is 1. The van der Waals surface area contributed by atoms with Crippen molar-refractivity contribution in [3.8, 4) is 0 Å². The van der Waals surface area contributed by atoms with E-state index in [9.17, 15) is 13.2 Å². The smallest absolute Gasteiger partial charge is 0.319 e. The number of urea groups is 1. The van der Waals surface area contributed by atoms with Crippen LogP contribution in [-0.4, -0.2) is 60.6 Å². The topological polar surface area (TPSA) is 82.6 Å². The molecule has 1 aromatic carbocycles. The van der Waals surface area contributed by atoms with Crippen molar-refractivity contribution < 1.29 is 13.2 Å². The number of pyridine rings is 1. The third-order valence-corrected chi connectivity index (χ3v) is 5.69. The van der Waals surface area contributed by atoms with E-state index in [4.69, 9.17) is 0 Å². The van der Waals surface area contributed by atoms with Gasteiger partial charge in [-0.3, -0.25) is 4.98 Å². The number of aryl methyl sites for hydroxylation is 1. The predicted molar refractivity (Wildman–Crippen MR) is 98.1 cm³/mol. The van der Waals surface area contributed by atoms with E-state index < -0.39 is 10.0 Å². The van der Waals surface area contributed by atoms with Gasteiger partial charge in [-0.05, 0) is 26.0 Å². The molecular formula is C17H22N4O3S. The van der Waals surface area contributed by atoms with E-state index >= 15 is 0 Å². The molecule has 0 saturated carbocycles. The number of aromatic nitrogens is 1. The highest BCUT2D eigenvalue weighted by atomic mass is 32.2. The summed E-state index contributed by atoms with van der Waals surface area (Å²) in [6.07, 6.45) is 1.19. The highest BCUT2D eigenvalue weighted by Gasteiger charge is 2.31. The number of carbonyl (C=O) groups is 1. The molecule has 0 aliphatic carbocycles. The molecule has 0 bridgehead atoms. The average Bonchev–Trinajstić information content (AvgIpc) is 2.54. The van der Waals surface area contributed by atoms with Crippen LogP contribution in [-0.2, 0) is 10.0 Å². The van der Waals surface area contributed by atoms with Gasteiger partial charge in [0.15, 0.2) is 0 Å². The van der Waals surface area contributed by atoms with Gasteiger partial charge in [0.2, 0.25) is 10.0 Å². The highest BCUT2D eigenvalue weighted by Crippen LogP contribution is 2.23. The summed E-state index contributed by atoms with van der Waals surface area (Å²) in [6, 6.07) is 9.11. The molecule has 1 aliphatic rings. The van der Waals surface area contributed by atoms with Crippen molar-refractivity contribution in [3.63, 3.8) is 0 Å². The zero-order valence-corrected chi connectivity index (χ0v) is 15.4. The molecule has 7 nitrogen and oxygen atoms in total. The fraction of sp³-hybridized carbons (Fsp3) is 0.412. The van der Waals surface area contributed by atoms with Crippen molar-refractivity contribution in [2.24, 2.45) is 0 Å². The summed E-state index contributed by atoms with van der Waals surface area (Å²) in [5, 5.41) is 3.88. The molecule has 8 heteroatoms. The van der Waals surface area contributed by atoms with Gasteiger partial charge >= 0.3 is 6.03 Å². The largest absolute Gasteiger partial charge is 0.322 e. The van der Waals surface area contributed by atoms with Crippen LogP contribution in [0.1, 0.15) is 12.6 Å².